The van der Waals surface area contributed by atoms with Gasteiger partial charge in [0.25, 0.3) is 0 Å². The molecule has 0 saturated carbocycles. The van der Waals surface area contributed by atoms with Crippen LogP contribution in [0, 0.1) is 5.82 Å². The summed E-state index contributed by atoms with van der Waals surface area (Å²) in [6.45, 7) is 3.28. The zero-order chi connectivity index (χ0) is 19.9. The summed E-state index contributed by atoms with van der Waals surface area (Å²) in [5, 5.41) is 3.26. The minimum Gasteiger partial charge on any atom is -0.489 e. The molecule has 0 bridgehead atoms. The Hall–Kier alpha value is -2.99. The number of aromatic nitrogens is 2. The van der Waals surface area contributed by atoms with E-state index in [1.807, 2.05) is 30.3 Å². The SMILES string of the molecule is Fc1ccccc1OCCN1CCC(c2cccc(Nc3ccccn3)n2)CC1. The van der Waals surface area contributed by atoms with Gasteiger partial charge in [0.05, 0.1) is 0 Å². The van der Waals surface area contributed by atoms with E-state index in [4.69, 9.17) is 9.72 Å². The van der Waals surface area contributed by atoms with Crippen molar-refractivity contribution in [3.05, 3.63) is 78.4 Å². The Balaban J connectivity index is 1.26. The van der Waals surface area contributed by atoms with Crippen LogP contribution in [-0.2, 0) is 0 Å². The molecule has 5 nitrogen and oxygen atoms in total. The largest absolute Gasteiger partial charge is 0.489 e. The lowest BCUT2D eigenvalue weighted by atomic mass is 9.93. The van der Waals surface area contributed by atoms with Crippen LogP contribution in [0.1, 0.15) is 24.5 Å². The summed E-state index contributed by atoms with van der Waals surface area (Å²) in [5.74, 6) is 2.08. The number of halogens is 1. The number of nitrogens with zero attached hydrogens (tertiary/aromatic N) is 3. The number of piperidine rings is 1. The minimum atomic E-state index is -0.309. The van der Waals surface area contributed by atoms with Gasteiger partial charge in [-0.3, -0.25) is 4.90 Å². The number of benzene rings is 1. The molecule has 1 aliphatic heterocycles. The zero-order valence-corrected chi connectivity index (χ0v) is 16.3. The van der Waals surface area contributed by atoms with Crippen molar-refractivity contribution < 1.29 is 9.13 Å². The lowest BCUT2D eigenvalue weighted by Crippen LogP contribution is -2.36. The van der Waals surface area contributed by atoms with E-state index in [-0.39, 0.29) is 5.82 Å². The third-order valence-corrected chi connectivity index (χ3v) is 5.20. The van der Waals surface area contributed by atoms with Crippen molar-refractivity contribution in [1.29, 1.82) is 0 Å². The van der Waals surface area contributed by atoms with E-state index in [0.717, 1.165) is 49.8 Å². The second kappa shape index (κ2) is 9.47. The molecule has 6 heteroatoms. The van der Waals surface area contributed by atoms with E-state index in [1.165, 1.54) is 6.07 Å². The van der Waals surface area contributed by atoms with Gasteiger partial charge >= 0.3 is 0 Å². The molecule has 1 saturated heterocycles. The van der Waals surface area contributed by atoms with Crippen LogP contribution in [0.25, 0.3) is 0 Å². The molecule has 2 aromatic heterocycles. The molecule has 1 aromatic carbocycles. The molecule has 0 atom stereocenters. The number of hydrogen-bond donors (Lipinski definition) is 1. The molecule has 3 aromatic rings. The first-order valence-corrected chi connectivity index (χ1v) is 10.0. The topological polar surface area (TPSA) is 50.3 Å². The fraction of sp³-hybridized carbons (Fsp3) is 0.304. The van der Waals surface area contributed by atoms with Crippen molar-refractivity contribution in [3.63, 3.8) is 0 Å². The molecule has 3 heterocycles. The quantitative estimate of drug-likeness (QED) is 0.636. The van der Waals surface area contributed by atoms with Crippen LogP contribution in [0.5, 0.6) is 5.75 Å². The van der Waals surface area contributed by atoms with Crippen LogP contribution in [0.4, 0.5) is 16.0 Å². The van der Waals surface area contributed by atoms with Gasteiger partial charge in [0.2, 0.25) is 0 Å². The van der Waals surface area contributed by atoms with Crippen molar-refractivity contribution in [2.75, 3.05) is 31.6 Å². The van der Waals surface area contributed by atoms with E-state index >= 15 is 0 Å². The molecule has 1 fully saturated rings. The number of anilines is 2. The van der Waals surface area contributed by atoms with Gasteiger partial charge in [-0.25, -0.2) is 14.4 Å². The average molecular weight is 392 g/mol. The number of ether oxygens (including phenoxy) is 1. The predicted octanol–water partition coefficient (Wildman–Crippen LogP) is 4.62. The molecule has 4 rings (SSSR count). The van der Waals surface area contributed by atoms with Crippen molar-refractivity contribution in [2.24, 2.45) is 0 Å². The average Bonchev–Trinajstić information content (AvgIpc) is 2.76. The molecule has 0 unspecified atom stereocenters. The molecule has 29 heavy (non-hydrogen) atoms. The van der Waals surface area contributed by atoms with Crippen LogP contribution in [-0.4, -0.2) is 41.1 Å². The zero-order valence-electron chi connectivity index (χ0n) is 16.3. The number of pyridine rings is 2. The Labute approximate surface area is 170 Å². The number of para-hydroxylation sites is 1. The minimum absolute atomic E-state index is 0.309. The molecule has 0 aliphatic carbocycles. The summed E-state index contributed by atoms with van der Waals surface area (Å²) in [5.41, 5.74) is 1.12. The molecule has 0 spiro atoms. The Morgan fingerprint density at radius 1 is 0.966 bits per heavy atom. The van der Waals surface area contributed by atoms with Crippen LogP contribution in [0.2, 0.25) is 0 Å². The van der Waals surface area contributed by atoms with Crippen molar-refractivity contribution >= 4 is 11.6 Å². The maximum absolute atomic E-state index is 13.6. The number of rotatable bonds is 7. The van der Waals surface area contributed by atoms with Crippen LogP contribution >= 0.6 is 0 Å². The van der Waals surface area contributed by atoms with Crippen LogP contribution < -0.4 is 10.1 Å². The van der Waals surface area contributed by atoms with Crippen LogP contribution in [0.3, 0.4) is 0 Å². The molecule has 0 radical (unpaired) electrons. The highest BCUT2D eigenvalue weighted by molar-refractivity contribution is 5.51. The van der Waals surface area contributed by atoms with Gasteiger partial charge < -0.3 is 10.1 Å². The molecule has 1 aliphatic rings. The normalized spacial score (nSPS) is 15.2. The lowest BCUT2D eigenvalue weighted by molar-refractivity contribution is 0.170. The van der Waals surface area contributed by atoms with Gasteiger partial charge in [-0.05, 0) is 62.3 Å². The number of likely N-dealkylation sites (tertiary alicyclic amines) is 1. The lowest BCUT2D eigenvalue weighted by Gasteiger charge is -2.31. The third-order valence-electron chi connectivity index (χ3n) is 5.20. The summed E-state index contributed by atoms with van der Waals surface area (Å²) in [4.78, 5) is 11.4. The Bertz CT molecular complexity index is 914. The monoisotopic (exact) mass is 392 g/mol. The van der Waals surface area contributed by atoms with E-state index in [9.17, 15) is 4.39 Å². The van der Waals surface area contributed by atoms with Crippen molar-refractivity contribution in [3.8, 4) is 5.75 Å². The van der Waals surface area contributed by atoms with Crippen molar-refractivity contribution in [2.45, 2.75) is 18.8 Å². The molecule has 1 N–H and O–H groups in total. The van der Waals surface area contributed by atoms with Gasteiger partial charge in [-0.15, -0.1) is 0 Å². The van der Waals surface area contributed by atoms with Gasteiger partial charge in [0.1, 0.15) is 18.2 Å². The van der Waals surface area contributed by atoms with E-state index in [2.05, 4.69) is 21.3 Å². The molecular weight excluding hydrogens is 367 g/mol. The smallest absolute Gasteiger partial charge is 0.165 e. The fourth-order valence-corrected chi connectivity index (χ4v) is 3.62. The van der Waals surface area contributed by atoms with Gasteiger partial charge in [-0.1, -0.05) is 24.3 Å². The second-order valence-corrected chi connectivity index (χ2v) is 7.18. The standard InChI is InChI=1S/C23H25FN4O/c24-19-6-1-2-8-21(19)29-17-16-28-14-11-18(12-15-28)20-7-5-10-23(26-20)27-22-9-3-4-13-25-22/h1-10,13,18H,11-12,14-17H2,(H,25,26,27). The summed E-state index contributed by atoms with van der Waals surface area (Å²) in [6.07, 6.45) is 3.87. The first kappa shape index (κ1) is 19.3. The highest BCUT2D eigenvalue weighted by Gasteiger charge is 2.21. The Kier molecular flexibility index (Phi) is 6.32. The molecule has 150 valence electrons. The van der Waals surface area contributed by atoms with Gasteiger partial charge in [0, 0.05) is 24.4 Å². The Morgan fingerprint density at radius 3 is 2.55 bits per heavy atom. The fourth-order valence-electron chi connectivity index (χ4n) is 3.62. The van der Waals surface area contributed by atoms with E-state index in [1.54, 1.807) is 24.4 Å². The van der Waals surface area contributed by atoms with E-state index in [0.29, 0.717) is 18.3 Å². The summed E-state index contributed by atoms with van der Waals surface area (Å²) >= 11 is 0. The van der Waals surface area contributed by atoms with Gasteiger partial charge in [0.15, 0.2) is 11.6 Å². The predicted molar refractivity (Wildman–Crippen MR) is 112 cm³/mol. The Morgan fingerprint density at radius 2 is 1.76 bits per heavy atom. The first-order chi connectivity index (χ1) is 14.3. The van der Waals surface area contributed by atoms with Crippen LogP contribution in [0.15, 0.2) is 66.9 Å². The van der Waals surface area contributed by atoms with Crippen molar-refractivity contribution in [1.82, 2.24) is 14.9 Å². The molecule has 0 amide bonds. The summed E-state index contributed by atoms with van der Waals surface area (Å²) in [6, 6.07) is 18.4. The highest BCUT2D eigenvalue weighted by Crippen LogP contribution is 2.28. The maximum Gasteiger partial charge on any atom is 0.165 e. The summed E-state index contributed by atoms with van der Waals surface area (Å²) < 4.78 is 19.2. The number of hydrogen-bond acceptors (Lipinski definition) is 5. The maximum atomic E-state index is 13.6. The van der Waals surface area contributed by atoms with E-state index < -0.39 is 0 Å². The third kappa shape index (κ3) is 5.29. The van der Waals surface area contributed by atoms with Gasteiger partial charge in [-0.2, -0.15) is 0 Å². The molecular formula is C23H25FN4O. The second-order valence-electron chi connectivity index (χ2n) is 7.18. The number of nitrogens with one attached hydrogen (secondary N) is 1. The highest BCUT2D eigenvalue weighted by atomic mass is 19.1. The first-order valence-electron chi connectivity index (χ1n) is 10.0. The summed E-state index contributed by atoms with van der Waals surface area (Å²) in [7, 11) is 0.